The Labute approximate surface area is 197 Å². The molecule has 0 saturated heterocycles. The van der Waals surface area contributed by atoms with Crippen molar-refractivity contribution in [2.24, 2.45) is 4.99 Å². The summed E-state index contributed by atoms with van der Waals surface area (Å²) in [5.41, 5.74) is 1.28. The second kappa shape index (κ2) is 11.1. The lowest BCUT2D eigenvalue weighted by molar-refractivity contribution is 0.0996. The summed E-state index contributed by atoms with van der Waals surface area (Å²) in [4.78, 5) is 18.2. The van der Waals surface area contributed by atoms with E-state index in [4.69, 9.17) is 23.7 Å². The molecule has 1 aromatic heterocycles. The lowest BCUT2D eigenvalue weighted by Crippen LogP contribution is -2.16. The number of ether oxygens (including phenoxy) is 5. The zero-order valence-corrected chi connectivity index (χ0v) is 20.7. The maximum Gasteiger partial charge on any atom is 0.279 e. The summed E-state index contributed by atoms with van der Waals surface area (Å²) in [6, 6.07) is 7.09. The Morgan fingerprint density at radius 3 is 1.94 bits per heavy atom. The molecule has 3 rings (SSSR count). The molecule has 0 fully saturated rings. The number of carbonyl (C=O) groups excluding carboxylic acids is 1. The molecule has 0 aliphatic rings. The predicted octanol–water partition coefficient (Wildman–Crippen LogP) is 4.68. The van der Waals surface area contributed by atoms with Crippen LogP contribution in [-0.2, 0) is 6.54 Å². The average molecular weight is 475 g/mol. The molecule has 8 nitrogen and oxygen atoms in total. The largest absolute Gasteiger partial charge is 0.493 e. The van der Waals surface area contributed by atoms with Crippen molar-refractivity contribution in [3.8, 4) is 28.7 Å². The minimum absolute atomic E-state index is 0.362. The second-order valence-corrected chi connectivity index (χ2v) is 7.83. The van der Waals surface area contributed by atoms with Crippen molar-refractivity contribution in [2.75, 3.05) is 34.0 Å². The van der Waals surface area contributed by atoms with E-state index in [0.717, 1.165) is 10.2 Å². The first-order valence-electron chi connectivity index (χ1n) is 10.9. The number of nitrogens with zero attached hydrogens (tertiary/aromatic N) is 2. The highest BCUT2D eigenvalue weighted by Crippen LogP contribution is 2.39. The number of benzene rings is 2. The minimum Gasteiger partial charge on any atom is -0.493 e. The first-order valence-corrected chi connectivity index (χ1v) is 11.7. The third-order valence-corrected chi connectivity index (χ3v) is 5.90. The van der Waals surface area contributed by atoms with E-state index in [0.29, 0.717) is 65.5 Å². The molecule has 2 aromatic carbocycles. The van der Waals surface area contributed by atoms with E-state index in [-0.39, 0.29) is 0 Å². The van der Waals surface area contributed by atoms with Crippen LogP contribution in [0.2, 0.25) is 0 Å². The monoisotopic (exact) mass is 474 g/mol. The molecule has 0 aliphatic carbocycles. The first-order chi connectivity index (χ1) is 16.0. The normalized spacial score (nSPS) is 11.5. The third-order valence-electron chi connectivity index (χ3n) is 4.86. The second-order valence-electron chi connectivity index (χ2n) is 6.82. The van der Waals surface area contributed by atoms with Gasteiger partial charge >= 0.3 is 0 Å². The molecule has 1 amide bonds. The lowest BCUT2D eigenvalue weighted by atomic mass is 10.1. The number of carbonyl (C=O) groups is 1. The Balaban J connectivity index is 2.14. The van der Waals surface area contributed by atoms with E-state index in [9.17, 15) is 4.79 Å². The van der Waals surface area contributed by atoms with Crippen LogP contribution in [0.3, 0.4) is 0 Å². The van der Waals surface area contributed by atoms with Crippen molar-refractivity contribution in [3.63, 3.8) is 0 Å². The fourth-order valence-corrected chi connectivity index (χ4v) is 4.55. The van der Waals surface area contributed by atoms with E-state index >= 15 is 0 Å². The predicted molar refractivity (Wildman–Crippen MR) is 128 cm³/mol. The molecule has 0 atom stereocenters. The molecule has 9 heteroatoms. The van der Waals surface area contributed by atoms with Gasteiger partial charge < -0.3 is 28.3 Å². The third kappa shape index (κ3) is 5.08. The molecule has 33 heavy (non-hydrogen) atoms. The molecule has 0 spiro atoms. The Kier molecular flexibility index (Phi) is 8.21. The van der Waals surface area contributed by atoms with Crippen LogP contribution in [0.1, 0.15) is 38.1 Å². The molecule has 0 bridgehead atoms. The Morgan fingerprint density at radius 1 is 0.848 bits per heavy atom. The van der Waals surface area contributed by atoms with Gasteiger partial charge in [0.15, 0.2) is 27.8 Å². The molecule has 0 N–H and O–H groups in total. The lowest BCUT2D eigenvalue weighted by Gasteiger charge is -2.16. The Bertz CT molecular complexity index is 1170. The highest BCUT2D eigenvalue weighted by Gasteiger charge is 2.19. The fourth-order valence-electron chi connectivity index (χ4n) is 3.45. The molecule has 0 radical (unpaired) electrons. The highest BCUT2D eigenvalue weighted by molar-refractivity contribution is 7.16. The van der Waals surface area contributed by atoms with Crippen LogP contribution in [0.15, 0.2) is 29.3 Å². The standard InChI is InChI=1S/C24H30N2O6S/c1-7-26-16-13-17(28-5)18(29-6)14-21(16)33-24(26)25-23(27)15-11-19(30-8-2)22(32-10-4)20(12-15)31-9-3/h11-14H,7-10H2,1-6H3. The van der Waals surface area contributed by atoms with Crippen molar-refractivity contribution in [1.82, 2.24) is 4.57 Å². The van der Waals surface area contributed by atoms with E-state index in [1.54, 1.807) is 26.4 Å². The zero-order valence-electron chi connectivity index (χ0n) is 19.9. The fraction of sp³-hybridized carbons (Fsp3) is 0.417. The average Bonchev–Trinajstić information content (AvgIpc) is 3.15. The summed E-state index contributed by atoms with van der Waals surface area (Å²) >= 11 is 1.41. The van der Waals surface area contributed by atoms with Gasteiger partial charge in [-0.15, -0.1) is 0 Å². The molecular weight excluding hydrogens is 444 g/mol. The molecule has 0 unspecified atom stereocenters. The van der Waals surface area contributed by atoms with Gasteiger partial charge in [0.2, 0.25) is 5.75 Å². The van der Waals surface area contributed by atoms with Crippen LogP contribution >= 0.6 is 11.3 Å². The van der Waals surface area contributed by atoms with Gasteiger partial charge in [-0.25, -0.2) is 0 Å². The van der Waals surface area contributed by atoms with Crippen LogP contribution < -0.4 is 28.5 Å². The molecular formula is C24H30N2O6S. The highest BCUT2D eigenvalue weighted by atomic mass is 32.1. The number of hydrogen-bond donors (Lipinski definition) is 0. The van der Waals surface area contributed by atoms with Crippen molar-refractivity contribution in [3.05, 3.63) is 34.6 Å². The van der Waals surface area contributed by atoms with Crippen molar-refractivity contribution < 1.29 is 28.5 Å². The summed E-state index contributed by atoms with van der Waals surface area (Å²) in [5.74, 6) is 2.25. The van der Waals surface area contributed by atoms with Gasteiger partial charge in [-0.05, 0) is 39.8 Å². The number of amides is 1. The molecule has 1 heterocycles. The maximum atomic E-state index is 13.2. The van der Waals surface area contributed by atoms with Crippen LogP contribution in [-0.4, -0.2) is 44.5 Å². The summed E-state index contributed by atoms with van der Waals surface area (Å²) in [5, 5.41) is 0. The number of methoxy groups -OCH3 is 2. The quantitative estimate of drug-likeness (QED) is 0.425. The van der Waals surface area contributed by atoms with Gasteiger partial charge in [-0.1, -0.05) is 11.3 Å². The van der Waals surface area contributed by atoms with Gasteiger partial charge in [0.05, 0.1) is 44.3 Å². The Hall–Kier alpha value is -3.20. The van der Waals surface area contributed by atoms with Crippen molar-refractivity contribution in [1.29, 1.82) is 0 Å². The SMILES string of the molecule is CCOc1cc(C(=O)N=c2sc3cc(OC)c(OC)cc3n2CC)cc(OCC)c1OCC. The Morgan fingerprint density at radius 2 is 1.42 bits per heavy atom. The van der Waals surface area contributed by atoms with Crippen molar-refractivity contribution in [2.45, 2.75) is 34.2 Å². The number of hydrogen-bond acceptors (Lipinski definition) is 7. The number of rotatable bonds is 10. The zero-order chi connectivity index (χ0) is 24.0. The summed E-state index contributed by atoms with van der Waals surface area (Å²) in [6.07, 6.45) is 0. The van der Waals surface area contributed by atoms with Crippen LogP contribution in [0.4, 0.5) is 0 Å². The number of fused-ring (bicyclic) bond motifs is 1. The van der Waals surface area contributed by atoms with E-state index in [1.165, 1.54) is 11.3 Å². The topological polar surface area (TPSA) is 80.5 Å². The summed E-state index contributed by atoms with van der Waals surface area (Å²) in [7, 11) is 3.19. The molecule has 0 aliphatic heterocycles. The van der Waals surface area contributed by atoms with Gasteiger partial charge in [-0.2, -0.15) is 4.99 Å². The summed E-state index contributed by atoms with van der Waals surface area (Å²) < 4.78 is 31.0. The van der Waals surface area contributed by atoms with E-state index in [1.807, 2.05) is 44.4 Å². The van der Waals surface area contributed by atoms with Gasteiger partial charge in [0, 0.05) is 24.2 Å². The maximum absolute atomic E-state index is 13.2. The smallest absolute Gasteiger partial charge is 0.279 e. The summed E-state index contributed by atoms with van der Waals surface area (Å²) in [6.45, 7) is 9.57. The van der Waals surface area contributed by atoms with Crippen LogP contribution in [0.25, 0.3) is 10.2 Å². The van der Waals surface area contributed by atoms with E-state index < -0.39 is 5.91 Å². The van der Waals surface area contributed by atoms with Crippen LogP contribution in [0, 0.1) is 0 Å². The van der Waals surface area contributed by atoms with Crippen molar-refractivity contribution >= 4 is 27.5 Å². The van der Waals surface area contributed by atoms with Gasteiger partial charge in [0.25, 0.3) is 5.91 Å². The van der Waals surface area contributed by atoms with Crippen LogP contribution in [0.5, 0.6) is 28.7 Å². The number of aryl methyl sites for hydroxylation is 1. The molecule has 3 aromatic rings. The minimum atomic E-state index is -0.396. The molecule has 0 saturated carbocycles. The first kappa shape index (κ1) is 24.4. The number of aromatic nitrogens is 1. The van der Waals surface area contributed by atoms with E-state index in [2.05, 4.69) is 4.99 Å². The molecule has 178 valence electrons. The van der Waals surface area contributed by atoms with Gasteiger partial charge in [-0.3, -0.25) is 4.79 Å². The van der Waals surface area contributed by atoms with Gasteiger partial charge in [0.1, 0.15) is 0 Å². The number of thiazole rings is 1.